The molecule has 0 unspecified atom stereocenters. The molecule has 1 aliphatic heterocycles. The fraction of sp³-hybridized carbons (Fsp3) is 0.682. The van der Waals surface area contributed by atoms with Gasteiger partial charge in [-0.2, -0.15) is 0 Å². The molecule has 1 amide bonds. The van der Waals surface area contributed by atoms with Crippen LogP contribution in [0, 0.1) is 24.7 Å². The average molecular weight is 438 g/mol. The van der Waals surface area contributed by atoms with Crippen molar-refractivity contribution in [3.05, 3.63) is 11.4 Å². The summed E-state index contributed by atoms with van der Waals surface area (Å²) >= 11 is 0. The Balaban J connectivity index is 2.27. The highest BCUT2D eigenvalue weighted by Gasteiger charge is 2.28. The Morgan fingerprint density at radius 3 is 2.52 bits per heavy atom. The first-order chi connectivity index (χ1) is 14.5. The van der Waals surface area contributed by atoms with Crippen LogP contribution in [0.5, 0.6) is 0 Å². The number of rotatable bonds is 6. The molecule has 1 N–H and O–H groups in total. The number of piperidine rings is 1. The van der Waals surface area contributed by atoms with Crippen molar-refractivity contribution in [1.82, 2.24) is 15.3 Å². The van der Waals surface area contributed by atoms with Crippen molar-refractivity contribution in [2.45, 2.75) is 66.0 Å². The van der Waals surface area contributed by atoms with Crippen LogP contribution >= 0.6 is 0 Å². The highest BCUT2D eigenvalue weighted by molar-refractivity contribution is 5.67. The molecule has 0 aliphatic carbocycles. The molecule has 31 heavy (non-hydrogen) atoms. The van der Waals surface area contributed by atoms with Crippen molar-refractivity contribution < 1.29 is 18.3 Å². The maximum atomic E-state index is 13.1. The molecule has 9 heteroatoms. The molecule has 0 atom stereocenters. The van der Waals surface area contributed by atoms with Crippen LogP contribution in [0.1, 0.15) is 51.9 Å². The number of alkyl halides is 2. The van der Waals surface area contributed by atoms with E-state index < -0.39 is 24.0 Å². The van der Waals surface area contributed by atoms with Crippen molar-refractivity contribution in [2.75, 3.05) is 36.5 Å². The third-order valence-corrected chi connectivity index (χ3v) is 4.98. The SMILES string of the molecule is CC#CCN(C)c1nc(CNC(=O)OC(C)(C)C)nc(N2CCC(C(F)F)CC2)c1C. The normalized spacial score (nSPS) is 14.8. The van der Waals surface area contributed by atoms with E-state index in [-0.39, 0.29) is 6.54 Å². The number of nitrogens with zero attached hydrogens (tertiary/aromatic N) is 4. The molecule has 0 radical (unpaired) electrons. The summed E-state index contributed by atoms with van der Waals surface area (Å²) in [6, 6.07) is 0. The van der Waals surface area contributed by atoms with E-state index in [1.165, 1.54) is 0 Å². The van der Waals surface area contributed by atoms with E-state index in [0.29, 0.717) is 49.9 Å². The van der Waals surface area contributed by atoms with Gasteiger partial charge >= 0.3 is 6.09 Å². The van der Waals surface area contributed by atoms with Crippen molar-refractivity contribution >= 4 is 17.7 Å². The summed E-state index contributed by atoms with van der Waals surface area (Å²) in [6.07, 6.45) is -2.02. The number of hydrogen-bond donors (Lipinski definition) is 1. The van der Waals surface area contributed by atoms with E-state index in [0.717, 1.165) is 5.56 Å². The van der Waals surface area contributed by atoms with Gasteiger partial charge in [-0.25, -0.2) is 23.5 Å². The Labute approximate surface area is 183 Å². The van der Waals surface area contributed by atoms with Crippen LogP contribution in [-0.4, -0.2) is 54.8 Å². The van der Waals surface area contributed by atoms with Gasteiger partial charge in [-0.1, -0.05) is 5.92 Å². The smallest absolute Gasteiger partial charge is 0.408 e. The lowest BCUT2D eigenvalue weighted by molar-refractivity contribution is 0.0522. The number of hydrogen-bond acceptors (Lipinski definition) is 6. The summed E-state index contributed by atoms with van der Waals surface area (Å²) in [4.78, 5) is 25.3. The van der Waals surface area contributed by atoms with E-state index in [1.807, 2.05) is 23.8 Å². The number of carbonyl (C=O) groups is 1. The number of anilines is 2. The minimum Gasteiger partial charge on any atom is -0.444 e. The van der Waals surface area contributed by atoms with Gasteiger partial charge in [-0.3, -0.25) is 0 Å². The highest BCUT2D eigenvalue weighted by Crippen LogP contribution is 2.31. The molecule has 2 rings (SSSR count). The number of ether oxygens (including phenoxy) is 1. The monoisotopic (exact) mass is 437 g/mol. The molecule has 1 fully saturated rings. The Morgan fingerprint density at radius 1 is 1.32 bits per heavy atom. The maximum absolute atomic E-state index is 13.1. The highest BCUT2D eigenvalue weighted by atomic mass is 19.3. The average Bonchev–Trinajstić information content (AvgIpc) is 2.70. The van der Waals surface area contributed by atoms with Gasteiger partial charge in [0.2, 0.25) is 6.43 Å². The van der Waals surface area contributed by atoms with Crippen molar-refractivity contribution in [3.8, 4) is 11.8 Å². The predicted octanol–water partition coefficient (Wildman–Crippen LogP) is 3.75. The molecule has 0 bridgehead atoms. The number of aromatic nitrogens is 2. The van der Waals surface area contributed by atoms with Gasteiger partial charge < -0.3 is 19.9 Å². The summed E-state index contributed by atoms with van der Waals surface area (Å²) < 4.78 is 31.4. The van der Waals surface area contributed by atoms with Gasteiger partial charge in [0.05, 0.1) is 13.1 Å². The molecule has 0 saturated carbocycles. The van der Waals surface area contributed by atoms with Crippen molar-refractivity contribution in [2.24, 2.45) is 5.92 Å². The minimum atomic E-state index is -2.29. The fourth-order valence-corrected chi connectivity index (χ4v) is 3.40. The second-order valence-electron chi connectivity index (χ2n) is 8.71. The van der Waals surface area contributed by atoms with Crippen LogP contribution in [0.15, 0.2) is 0 Å². The molecule has 2 heterocycles. The van der Waals surface area contributed by atoms with Gasteiger partial charge in [0.15, 0.2) is 5.82 Å². The topological polar surface area (TPSA) is 70.6 Å². The Kier molecular flexibility index (Phi) is 8.43. The van der Waals surface area contributed by atoms with E-state index in [1.54, 1.807) is 27.7 Å². The number of halogens is 2. The molecule has 172 valence electrons. The Hall–Kier alpha value is -2.63. The first-order valence-electron chi connectivity index (χ1n) is 10.5. The van der Waals surface area contributed by atoms with Crippen LogP contribution < -0.4 is 15.1 Å². The molecule has 0 spiro atoms. The lowest BCUT2D eigenvalue weighted by Crippen LogP contribution is -2.38. The van der Waals surface area contributed by atoms with Crippen molar-refractivity contribution in [3.63, 3.8) is 0 Å². The second-order valence-corrected chi connectivity index (χ2v) is 8.71. The van der Waals surface area contributed by atoms with E-state index >= 15 is 0 Å². The van der Waals surface area contributed by atoms with E-state index in [4.69, 9.17) is 4.74 Å². The van der Waals surface area contributed by atoms with Gasteiger partial charge in [0, 0.05) is 31.6 Å². The number of carbonyl (C=O) groups excluding carboxylic acids is 1. The van der Waals surface area contributed by atoms with E-state index in [2.05, 4.69) is 27.1 Å². The molecular weight excluding hydrogens is 404 g/mol. The molecule has 1 aromatic rings. The first-order valence-corrected chi connectivity index (χ1v) is 10.5. The fourth-order valence-electron chi connectivity index (χ4n) is 3.40. The number of amides is 1. The molecule has 7 nitrogen and oxygen atoms in total. The molecule has 0 aromatic carbocycles. The number of alkyl carbamates (subject to hydrolysis) is 1. The molecule has 1 saturated heterocycles. The third-order valence-electron chi connectivity index (χ3n) is 4.98. The lowest BCUT2D eigenvalue weighted by atomic mass is 9.97. The third kappa shape index (κ3) is 7.23. The molecule has 1 aromatic heterocycles. The van der Waals surface area contributed by atoms with Gasteiger partial charge in [-0.15, -0.1) is 5.92 Å². The quantitative estimate of drug-likeness (QED) is 0.684. The van der Waals surface area contributed by atoms with Gasteiger partial charge in [0.25, 0.3) is 0 Å². The summed E-state index contributed by atoms with van der Waals surface area (Å²) in [5, 5.41) is 2.69. The lowest BCUT2D eigenvalue weighted by Gasteiger charge is -2.34. The summed E-state index contributed by atoms with van der Waals surface area (Å²) in [5.41, 5.74) is 0.250. The summed E-state index contributed by atoms with van der Waals surface area (Å²) in [5.74, 6) is 7.13. The Bertz CT molecular complexity index is 822. The van der Waals surface area contributed by atoms with Crippen LogP contribution in [0.25, 0.3) is 0 Å². The zero-order chi connectivity index (χ0) is 23.2. The Morgan fingerprint density at radius 2 is 1.97 bits per heavy atom. The first kappa shape index (κ1) is 24.6. The van der Waals surface area contributed by atoms with Crippen LogP contribution in [0.3, 0.4) is 0 Å². The summed E-state index contributed by atoms with van der Waals surface area (Å²) in [7, 11) is 1.89. The standard InChI is InChI=1S/C22H33F2N5O2/c1-7-8-11-28(6)19-15(2)20(29-12-9-16(10-13-29)18(23)24)27-17(26-19)14-25-21(30)31-22(3,4)5/h16,18H,9-14H2,1-6H3,(H,25,30). The maximum Gasteiger partial charge on any atom is 0.408 e. The van der Waals surface area contributed by atoms with Crippen molar-refractivity contribution in [1.29, 1.82) is 0 Å². The van der Waals surface area contributed by atoms with Crippen LogP contribution in [0.4, 0.5) is 25.2 Å². The van der Waals surface area contributed by atoms with Crippen LogP contribution in [0.2, 0.25) is 0 Å². The largest absolute Gasteiger partial charge is 0.444 e. The zero-order valence-corrected chi connectivity index (χ0v) is 19.3. The number of nitrogens with one attached hydrogen (secondary N) is 1. The summed E-state index contributed by atoms with van der Waals surface area (Å²) in [6.45, 7) is 10.7. The molecule has 1 aliphatic rings. The van der Waals surface area contributed by atoms with Crippen LogP contribution in [-0.2, 0) is 11.3 Å². The predicted molar refractivity (Wildman–Crippen MR) is 118 cm³/mol. The second kappa shape index (κ2) is 10.6. The van der Waals surface area contributed by atoms with E-state index in [9.17, 15) is 13.6 Å². The zero-order valence-electron chi connectivity index (χ0n) is 19.3. The minimum absolute atomic E-state index is 0.0932. The van der Waals surface area contributed by atoms with Gasteiger partial charge in [-0.05, 0) is 47.5 Å². The van der Waals surface area contributed by atoms with Gasteiger partial charge in [0.1, 0.15) is 17.2 Å². The molecular formula is C22H33F2N5O2.